The van der Waals surface area contributed by atoms with Crippen LogP contribution in [0.3, 0.4) is 0 Å². The second kappa shape index (κ2) is 5.89. The van der Waals surface area contributed by atoms with Crippen molar-refractivity contribution in [3.63, 3.8) is 0 Å². The summed E-state index contributed by atoms with van der Waals surface area (Å²) in [6.45, 7) is 1.49. The Labute approximate surface area is 107 Å². The van der Waals surface area contributed by atoms with Gasteiger partial charge in [0.05, 0.1) is 11.6 Å². The van der Waals surface area contributed by atoms with Crippen LogP contribution in [0.4, 0.5) is 17.6 Å². The molecule has 0 aromatic heterocycles. The zero-order chi connectivity index (χ0) is 14.6. The van der Waals surface area contributed by atoms with Crippen molar-refractivity contribution >= 4 is 0 Å². The van der Waals surface area contributed by atoms with Crippen molar-refractivity contribution in [2.75, 3.05) is 0 Å². The zero-order valence-electron chi connectivity index (χ0n) is 10.0. The highest BCUT2D eigenvalue weighted by atomic mass is 19.4. The number of hydrogen-bond acceptors (Lipinski definition) is 3. The van der Waals surface area contributed by atoms with Gasteiger partial charge in [0, 0.05) is 6.07 Å². The minimum absolute atomic E-state index is 0.0585. The first-order chi connectivity index (χ1) is 8.79. The molecule has 0 spiro atoms. The summed E-state index contributed by atoms with van der Waals surface area (Å²) in [5.41, 5.74) is 5.09. The molecule has 0 aliphatic rings. The van der Waals surface area contributed by atoms with Crippen LogP contribution in [0.15, 0.2) is 18.2 Å². The van der Waals surface area contributed by atoms with E-state index < -0.39 is 24.1 Å². The van der Waals surface area contributed by atoms with E-state index in [9.17, 15) is 17.6 Å². The van der Waals surface area contributed by atoms with Crippen LogP contribution in [0.25, 0.3) is 0 Å². The first-order valence-electron chi connectivity index (χ1n) is 5.48. The summed E-state index contributed by atoms with van der Waals surface area (Å²) in [4.78, 5) is 0. The molecule has 1 aromatic carbocycles. The lowest BCUT2D eigenvalue weighted by Crippen LogP contribution is -2.48. The van der Waals surface area contributed by atoms with Crippen LogP contribution in [0, 0.1) is 17.1 Å². The molecule has 2 N–H and O–H groups in total. The topological polar surface area (TPSA) is 59.0 Å². The molecule has 0 aliphatic heterocycles. The maximum Gasteiger partial charge on any atom is 0.426 e. The zero-order valence-corrected chi connectivity index (χ0v) is 10.0. The quantitative estimate of drug-likeness (QED) is 0.860. The van der Waals surface area contributed by atoms with Gasteiger partial charge in [0.25, 0.3) is 0 Å². The molecule has 0 heterocycles. The molecule has 0 radical (unpaired) electrons. The fourth-order valence-electron chi connectivity index (χ4n) is 1.42. The third-order valence-electron chi connectivity index (χ3n) is 2.51. The predicted octanol–water partition coefficient (Wildman–Crippen LogP) is 2.74. The van der Waals surface area contributed by atoms with E-state index in [0.717, 1.165) is 18.2 Å². The van der Waals surface area contributed by atoms with Gasteiger partial charge in [0.1, 0.15) is 17.6 Å². The molecule has 3 nitrogen and oxygen atoms in total. The first-order valence-corrected chi connectivity index (χ1v) is 5.48. The molecular formula is C12H12F4N2O. The maximum absolute atomic E-state index is 13.3. The normalized spacial score (nSPS) is 14.6. The van der Waals surface area contributed by atoms with Crippen molar-refractivity contribution in [3.05, 3.63) is 29.6 Å². The summed E-state index contributed by atoms with van der Waals surface area (Å²) < 4.78 is 56.2. The highest BCUT2D eigenvalue weighted by Crippen LogP contribution is 2.28. The lowest BCUT2D eigenvalue weighted by Gasteiger charge is -2.26. The summed E-state index contributed by atoms with van der Waals surface area (Å²) in [6.07, 6.45) is -6.81. The Morgan fingerprint density at radius 1 is 1.42 bits per heavy atom. The molecule has 0 saturated heterocycles. The van der Waals surface area contributed by atoms with Crippen LogP contribution in [-0.2, 0) is 0 Å². The van der Waals surface area contributed by atoms with Crippen LogP contribution < -0.4 is 10.5 Å². The van der Waals surface area contributed by atoms with E-state index in [-0.39, 0.29) is 17.7 Å². The molecule has 7 heteroatoms. The molecule has 2 atom stereocenters. The average Bonchev–Trinajstić information content (AvgIpc) is 2.34. The van der Waals surface area contributed by atoms with E-state index in [4.69, 9.17) is 15.7 Å². The van der Waals surface area contributed by atoms with E-state index in [1.807, 2.05) is 0 Å². The monoisotopic (exact) mass is 276 g/mol. The second-order valence-electron chi connectivity index (χ2n) is 3.91. The summed E-state index contributed by atoms with van der Waals surface area (Å²) in [6, 6.07) is 3.20. The maximum atomic E-state index is 13.3. The summed E-state index contributed by atoms with van der Waals surface area (Å²) in [5.74, 6) is -1.26. The predicted molar refractivity (Wildman–Crippen MR) is 59.9 cm³/mol. The number of alkyl halides is 3. The molecule has 1 rings (SSSR count). The van der Waals surface area contributed by atoms with Gasteiger partial charge in [-0.25, -0.2) is 4.39 Å². The first kappa shape index (κ1) is 15.2. The van der Waals surface area contributed by atoms with Gasteiger partial charge in [0.2, 0.25) is 6.10 Å². The number of halogens is 4. The van der Waals surface area contributed by atoms with Gasteiger partial charge in [-0.3, -0.25) is 0 Å². The molecular weight excluding hydrogens is 264 g/mol. The Kier molecular flexibility index (Phi) is 4.72. The Balaban J connectivity index is 2.98. The molecule has 0 fully saturated rings. The molecule has 19 heavy (non-hydrogen) atoms. The fraction of sp³-hybridized carbons (Fsp3) is 0.417. The SMILES string of the molecule is CCC(N)C(Oc1ccc(C#N)c(F)c1)C(F)(F)F. The summed E-state index contributed by atoms with van der Waals surface area (Å²) >= 11 is 0. The molecule has 2 unspecified atom stereocenters. The Hall–Kier alpha value is -1.81. The van der Waals surface area contributed by atoms with Gasteiger partial charge in [-0.05, 0) is 18.6 Å². The van der Waals surface area contributed by atoms with Crippen molar-refractivity contribution in [3.8, 4) is 11.8 Å². The number of rotatable bonds is 4. The van der Waals surface area contributed by atoms with Gasteiger partial charge >= 0.3 is 6.18 Å². The van der Waals surface area contributed by atoms with E-state index >= 15 is 0 Å². The minimum atomic E-state index is -4.65. The molecule has 0 saturated carbocycles. The summed E-state index contributed by atoms with van der Waals surface area (Å²) in [5, 5.41) is 8.52. The standard InChI is InChI=1S/C12H12F4N2O/c1-2-10(18)11(12(14,15)16)19-8-4-3-7(6-17)9(13)5-8/h3-5,10-11H,2,18H2,1H3. The van der Waals surface area contributed by atoms with Gasteiger partial charge < -0.3 is 10.5 Å². The minimum Gasteiger partial charge on any atom is -0.479 e. The number of benzene rings is 1. The van der Waals surface area contributed by atoms with Crippen LogP contribution in [0.5, 0.6) is 5.75 Å². The number of hydrogen-bond donors (Lipinski definition) is 1. The van der Waals surface area contributed by atoms with E-state index in [2.05, 4.69) is 0 Å². The highest BCUT2D eigenvalue weighted by Gasteiger charge is 2.45. The van der Waals surface area contributed by atoms with Crippen molar-refractivity contribution < 1.29 is 22.3 Å². The van der Waals surface area contributed by atoms with Gasteiger partial charge in [-0.15, -0.1) is 0 Å². The second-order valence-corrected chi connectivity index (χ2v) is 3.91. The van der Waals surface area contributed by atoms with Crippen molar-refractivity contribution in [1.82, 2.24) is 0 Å². The van der Waals surface area contributed by atoms with Crippen molar-refractivity contribution in [2.45, 2.75) is 31.7 Å². The van der Waals surface area contributed by atoms with E-state index in [1.54, 1.807) is 6.07 Å². The van der Waals surface area contributed by atoms with E-state index in [1.165, 1.54) is 6.92 Å². The highest BCUT2D eigenvalue weighted by molar-refractivity contribution is 5.36. The van der Waals surface area contributed by atoms with Gasteiger partial charge in [-0.1, -0.05) is 6.92 Å². The van der Waals surface area contributed by atoms with Crippen molar-refractivity contribution in [1.29, 1.82) is 5.26 Å². The fourth-order valence-corrected chi connectivity index (χ4v) is 1.42. The lowest BCUT2D eigenvalue weighted by atomic mass is 10.1. The number of ether oxygens (including phenoxy) is 1. The lowest BCUT2D eigenvalue weighted by molar-refractivity contribution is -0.200. The number of nitrogens with zero attached hydrogens (tertiary/aromatic N) is 1. The molecule has 0 aliphatic carbocycles. The number of nitriles is 1. The Bertz CT molecular complexity index is 482. The van der Waals surface area contributed by atoms with Crippen LogP contribution in [0.1, 0.15) is 18.9 Å². The van der Waals surface area contributed by atoms with Gasteiger partial charge in [-0.2, -0.15) is 18.4 Å². The van der Waals surface area contributed by atoms with Crippen LogP contribution in [-0.4, -0.2) is 18.3 Å². The molecule has 1 aromatic rings. The molecule has 104 valence electrons. The van der Waals surface area contributed by atoms with Crippen molar-refractivity contribution in [2.24, 2.45) is 5.73 Å². The Morgan fingerprint density at radius 3 is 2.47 bits per heavy atom. The van der Waals surface area contributed by atoms with Crippen LogP contribution in [0.2, 0.25) is 0 Å². The number of nitrogens with two attached hydrogens (primary N) is 1. The van der Waals surface area contributed by atoms with E-state index in [0.29, 0.717) is 0 Å². The van der Waals surface area contributed by atoms with Crippen LogP contribution >= 0.6 is 0 Å². The third kappa shape index (κ3) is 3.83. The van der Waals surface area contributed by atoms with Gasteiger partial charge in [0.15, 0.2) is 0 Å². The summed E-state index contributed by atoms with van der Waals surface area (Å²) in [7, 11) is 0. The smallest absolute Gasteiger partial charge is 0.426 e. The molecule has 0 amide bonds. The Morgan fingerprint density at radius 2 is 2.05 bits per heavy atom. The average molecular weight is 276 g/mol. The molecule has 0 bridgehead atoms. The third-order valence-corrected chi connectivity index (χ3v) is 2.51. The largest absolute Gasteiger partial charge is 0.479 e.